The lowest BCUT2D eigenvalue weighted by Crippen LogP contribution is -2.65. The lowest BCUT2D eigenvalue weighted by atomic mass is 9.41. The Kier molecular flexibility index (Phi) is 7.87. The third kappa shape index (κ3) is 4.41. The Morgan fingerprint density at radius 3 is 2.33 bits per heavy atom. The predicted octanol–water partition coefficient (Wildman–Crippen LogP) is 3.45. The van der Waals surface area contributed by atoms with Crippen LogP contribution < -0.4 is 5.32 Å². The van der Waals surface area contributed by atoms with Gasteiger partial charge in [0.15, 0.2) is 0 Å². The molecule has 0 aliphatic heterocycles. The molecule has 0 bridgehead atoms. The first-order valence-corrected chi connectivity index (χ1v) is 14.4. The van der Waals surface area contributed by atoms with Crippen molar-refractivity contribution >= 4 is 11.9 Å². The van der Waals surface area contributed by atoms with Crippen molar-refractivity contribution < 1.29 is 30.0 Å². The standard InChI is InChI=1S/C29H49NO6/c1-6-18-21-12-17(31)9-10-28(21,4)22-13-23(32)29(5)19(7-8-20(29)25(22)26(18)35)15(2)11-16(3)27(36)30-14-24(33)34/h15-23,25-26,31-32,35H,6-14H2,1-5H3,(H,30,36)(H,33,34)/t15-,16?,17+,18+,19+,20?,21-,22?,23-,25?,26+,28-,29+/m0/s1. The fraction of sp³-hybridized carbons (Fsp3) is 0.931. The van der Waals surface area contributed by atoms with Crippen LogP contribution in [0.25, 0.3) is 0 Å². The van der Waals surface area contributed by atoms with Gasteiger partial charge >= 0.3 is 5.97 Å². The van der Waals surface area contributed by atoms with Gasteiger partial charge in [0.1, 0.15) is 6.54 Å². The molecule has 4 fully saturated rings. The first-order chi connectivity index (χ1) is 16.9. The van der Waals surface area contributed by atoms with E-state index in [2.05, 4.69) is 33.0 Å². The number of aliphatic hydroxyl groups excluding tert-OH is 3. The summed E-state index contributed by atoms with van der Waals surface area (Å²) in [5.74, 6) is 0.00272. The van der Waals surface area contributed by atoms with E-state index in [9.17, 15) is 24.9 Å². The van der Waals surface area contributed by atoms with Gasteiger partial charge < -0.3 is 25.7 Å². The SMILES string of the molecule is CC[C@H]1[C@@H](O)C2C3CC[C@H]([C@@H](C)CC(C)C(=O)NCC(=O)O)[C@@]3(C)[C@@H](O)CC2[C@@]2(C)CC[C@@H](O)C[C@@H]12. The molecule has 4 rings (SSSR count). The molecule has 5 N–H and O–H groups in total. The number of aliphatic carboxylic acids is 1. The summed E-state index contributed by atoms with van der Waals surface area (Å²) in [7, 11) is 0. The molecule has 36 heavy (non-hydrogen) atoms. The van der Waals surface area contributed by atoms with Crippen molar-refractivity contribution in [2.75, 3.05) is 6.54 Å². The summed E-state index contributed by atoms with van der Waals surface area (Å²) in [5.41, 5.74) is -0.277. The molecule has 0 heterocycles. The van der Waals surface area contributed by atoms with Crippen LogP contribution >= 0.6 is 0 Å². The summed E-state index contributed by atoms with van der Waals surface area (Å²) in [6, 6.07) is 0. The van der Waals surface area contributed by atoms with Gasteiger partial charge in [-0.1, -0.05) is 41.0 Å². The smallest absolute Gasteiger partial charge is 0.322 e. The summed E-state index contributed by atoms with van der Waals surface area (Å²) >= 11 is 0. The van der Waals surface area contributed by atoms with Gasteiger partial charge in [0, 0.05) is 5.92 Å². The van der Waals surface area contributed by atoms with Crippen LogP contribution in [0, 0.1) is 58.2 Å². The van der Waals surface area contributed by atoms with Gasteiger partial charge in [-0.25, -0.2) is 0 Å². The van der Waals surface area contributed by atoms with Crippen LogP contribution in [0.5, 0.6) is 0 Å². The van der Waals surface area contributed by atoms with E-state index in [0.717, 1.165) is 38.5 Å². The molecule has 4 unspecified atom stereocenters. The van der Waals surface area contributed by atoms with E-state index < -0.39 is 18.2 Å². The number of carboxylic acids is 1. The van der Waals surface area contributed by atoms with E-state index in [1.54, 1.807) is 0 Å². The van der Waals surface area contributed by atoms with Gasteiger partial charge in [0.05, 0.1) is 18.3 Å². The normalized spacial score (nSPS) is 47.7. The first kappa shape index (κ1) is 27.8. The van der Waals surface area contributed by atoms with Gasteiger partial charge in [-0.2, -0.15) is 0 Å². The van der Waals surface area contributed by atoms with Crippen molar-refractivity contribution in [1.82, 2.24) is 5.32 Å². The summed E-state index contributed by atoms with van der Waals surface area (Å²) in [6.07, 6.45) is 5.61. The third-order valence-corrected chi connectivity index (χ3v) is 11.8. The molecular weight excluding hydrogens is 458 g/mol. The summed E-state index contributed by atoms with van der Waals surface area (Å²) in [4.78, 5) is 23.3. The molecule has 206 valence electrons. The lowest BCUT2D eigenvalue weighted by Gasteiger charge is -2.65. The molecule has 0 aromatic heterocycles. The number of rotatable bonds is 7. The zero-order chi connectivity index (χ0) is 26.6. The molecular formula is C29H49NO6. The van der Waals surface area contributed by atoms with E-state index in [1.807, 2.05) is 6.92 Å². The maximum absolute atomic E-state index is 12.4. The molecule has 0 saturated heterocycles. The highest BCUT2D eigenvalue weighted by Crippen LogP contribution is 2.69. The number of carbonyl (C=O) groups excluding carboxylic acids is 1. The van der Waals surface area contributed by atoms with Crippen LogP contribution in [-0.2, 0) is 9.59 Å². The fourth-order valence-corrected chi connectivity index (χ4v) is 10.1. The van der Waals surface area contributed by atoms with Crippen LogP contribution in [0.2, 0.25) is 0 Å². The minimum absolute atomic E-state index is 0.0343. The van der Waals surface area contributed by atoms with E-state index in [0.29, 0.717) is 18.8 Å². The summed E-state index contributed by atoms with van der Waals surface area (Å²) in [5, 5.41) is 45.5. The Labute approximate surface area is 216 Å². The fourth-order valence-electron chi connectivity index (χ4n) is 10.1. The third-order valence-electron chi connectivity index (χ3n) is 11.8. The second kappa shape index (κ2) is 10.2. The quantitative estimate of drug-likeness (QED) is 0.359. The van der Waals surface area contributed by atoms with Crippen molar-refractivity contribution in [1.29, 1.82) is 0 Å². The molecule has 0 aromatic carbocycles. The van der Waals surface area contributed by atoms with Gasteiger partial charge in [-0.3, -0.25) is 9.59 Å². The van der Waals surface area contributed by atoms with Crippen molar-refractivity contribution in [3.05, 3.63) is 0 Å². The molecule has 7 nitrogen and oxygen atoms in total. The highest BCUT2D eigenvalue weighted by Gasteiger charge is 2.67. The van der Waals surface area contributed by atoms with Crippen LogP contribution in [0.4, 0.5) is 0 Å². The molecule has 0 aromatic rings. The highest BCUT2D eigenvalue weighted by molar-refractivity contribution is 5.82. The summed E-state index contributed by atoms with van der Waals surface area (Å²) in [6.45, 7) is 10.4. The van der Waals surface area contributed by atoms with Crippen LogP contribution in [0.3, 0.4) is 0 Å². The average Bonchev–Trinajstić information content (AvgIpc) is 3.18. The Hall–Kier alpha value is -1.18. The van der Waals surface area contributed by atoms with Gasteiger partial charge in [-0.15, -0.1) is 0 Å². The predicted molar refractivity (Wildman–Crippen MR) is 137 cm³/mol. The molecule has 4 saturated carbocycles. The number of aliphatic hydroxyl groups is 3. The largest absolute Gasteiger partial charge is 0.480 e. The molecule has 1 amide bonds. The number of hydrogen-bond acceptors (Lipinski definition) is 5. The molecule has 7 heteroatoms. The van der Waals surface area contributed by atoms with Gasteiger partial charge in [0.25, 0.3) is 0 Å². The molecule has 4 aliphatic carbocycles. The van der Waals surface area contributed by atoms with E-state index in [1.165, 1.54) is 0 Å². The van der Waals surface area contributed by atoms with Crippen LogP contribution in [0.1, 0.15) is 86.0 Å². The number of hydrogen-bond donors (Lipinski definition) is 5. The average molecular weight is 508 g/mol. The van der Waals surface area contributed by atoms with Gasteiger partial charge in [0.2, 0.25) is 5.91 Å². The number of carboxylic acid groups (broad SMARTS) is 1. The second-order valence-electron chi connectivity index (χ2n) is 13.4. The van der Waals surface area contributed by atoms with E-state index in [4.69, 9.17) is 5.11 Å². The Morgan fingerprint density at radius 1 is 1.00 bits per heavy atom. The number of carbonyl (C=O) groups is 2. The number of fused-ring (bicyclic) bond motifs is 5. The lowest BCUT2D eigenvalue weighted by molar-refractivity contribution is -0.228. The first-order valence-electron chi connectivity index (χ1n) is 14.4. The van der Waals surface area contributed by atoms with Crippen molar-refractivity contribution in [2.24, 2.45) is 58.2 Å². The maximum Gasteiger partial charge on any atom is 0.322 e. The van der Waals surface area contributed by atoms with E-state index >= 15 is 0 Å². The minimum Gasteiger partial charge on any atom is -0.480 e. The van der Waals surface area contributed by atoms with Crippen LogP contribution in [0.15, 0.2) is 0 Å². The topological polar surface area (TPSA) is 127 Å². The van der Waals surface area contributed by atoms with E-state index in [-0.39, 0.29) is 70.8 Å². The second-order valence-corrected chi connectivity index (χ2v) is 13.4. The molecule has 0 spiro atoms. The summed E-state index contributed by atoms with van der Waals surface area (Å²) < 4.78 is 0. The molecule has 4 aliphatic rings. The Morgan fingerprint density at radius 2 is 1.69 bits per heavy atom. The highest BCUT2D eigenvalue weighted by atomic mass is 16.4. The molecule has 13 atom stereocenters. The maximum atomic E-state index is 12.4. The monoisotopic (exact) mass is 507 g/mol. The number of nitrogens with one attached hydrogen (secondary N) is 1. The van der Waals surface area contributed by atoms with Gasteiger partial charge in [-0.05, 0) is 97.2 Å². The molecule has 0 radical (unpaired) electrons. The van der Waals surface area contributed by atoms with Crippen molar-refractivity contribution in [3.8, 4) is 0 Å². The number of amides is 1. The minimum atomic E-state index is -1.05. The zero-order valence-corrected chi connectivity index (χ0v) is 22.8. The van der Waals surface area contributed by atoms with Crippen molar-refractivity contribution in [3.63, 3.8) is 0 Å². The van der Waals surface area contributed by atoms with Crippen LogP contribution in [-0.4, -0.2) is 57.2 Å². The Balaban J connectivity index is 1.56. The zero-order valence-electron chi connectivity index (χ0n) is 22.8. The van der Waals surface area contributed by atoms with Crippen molar-refractivity contribution in [2.45, 2.75) is 104 Å². The Bertz CT molecular complexity index is 835.